The molecule has 0 bridgehead atoms. The molecule has 126 valence electrons. The van der Waals surface area contributed by atoms with Crippen molar-refractivity contribution in [3.05, 3.63) is 64.7 Å². The Bertz CT molecular complexity index is 931. The molecule has 0 fully saturated rings. The van der Waals surface area contributed by atoms with Crippen LogP contribution in [0, 0.1) is 0 Å². The van der Waals surface area contributed by atoms with Crippen LogP contribution in [0.5, 0.6) is 0 Å². The van der Waals surface area contributed by atoms with E-state index in [0.29, 0.717) is 16.8 Å². The van der Waals surface area contributed by atoms with Crippen molar-refractivity contribution in [2.45, 2.75) is 19.9 Å². The molecule has 0 heterocycles. The molecule has 2 aromatic carbocycles. The molecule has 2 N–H and O–H groups in total. The van der Waals surface area contributed by atoms with Gasteiger partial charge in [-0.3, -0.25) is 19.2 Å². The number of fused-ring (bicyclic) bond motifs is 2. The van der Waals surface area contributed by atoms with Crippen LogP contribution in [0.15, 0.2) is 42.5 Å². The number of anilines is 1. The minimum absolute atomic E-state index is 0.212. The van der Waals surface area contributed by atoms with Gasteiger partial charge in [-0.05, 0) is 32.0 Å². The number of nitrogens with zero attached hydrogens (tertiary/aromatic N) is 1. The SMILES string of the molecule is CC(C)N(C(=O)C(N)=O)c1ccc2c(c1)C(=O)c1ccccc1C2=O. The molecule has 0 spiro atoms. The van der Waals surface area contributed by atoms with Gasteiger partial charge in [-0.1, -0.05) is 24.3 Å². The molecular weight excluding hydrogens is 320 g/mol. The van der Waals surface area contributed by atoms with Gasteiger partial charge in [-0.2, -0.15) is 0 Å². The van der Waals surface area contributed by atoms with E-state index < -0.39 is 11.8 Å². The predicted molar refractivity (Wildman–Crippen MR) is 91.6 cm³/mol. The molecule has 0 atom stereocenters. The van der Waals surface area contributed by atoms with Crippen molar-refractivity contribution in [2.75, 3.05) is 4.90 Å². The summed E-state index contributed by atoms with van der Waals surface area (Å²) in [5.41, 5.74) is 6.64. The highest BCUT2D eigenvalue weighted by molar-refractivity contribution is 6.40. The molecule has 25 heavy (non-hydrogen) atoms. The van der Waals surface area contributed by atoms with E-state index in [1.165, 1.54) is 17.0 Å². The molecule has 0 radical (unpaired) electrons. The minimum Gasteiger partial charge on any atom is -0.361 e. The second-order valence-electron chi connectivity index (χ2n) is 6.07. The third-order valence-corrected chi connectivity index (χ3v) is 4.13. The zero-order chi connectivity index (χ0) is 18.3. The lowest BCUT2D eigenvalue weighted by atomic mass is 9.84. The Morgan fingerprint density at radius 1 is 0.880 bits per heavy atom. The van der Waals surface area contributed by atoms with Crippen molar-refractivity contribution in [3.8, 4) is 0 Å². The fraction of sp³-hybridized carbons (Fsp3) is 0.158. The summed E-state index contributed by atoms with van der Waals surface area (Å²) in [6, 6.07) is 10.8. The van der Waals surface area contributed by atoms with Gasteiger partial charge in [0.1, 0.15) is 0 Å². The number of primary amides is 1. The molecule has 1 aliphatic carbocycles. The predicted octanol–water partition coefficient (Wildman–Crippen LogP) is 1.69. The summed E-state index contributed by atoms with van der Waals surface area (Å²) >= 11 is 0. The van der Waals surface area contributed by atoms with Crippen LogP contribution >= 0.6 is 0 Å². The zero-order valence-corrected chi connectivity index (χ0v) is 13.8. The van der Waals surface area contributed by atoms with E-state index in [0.717, 1.165) is 0 Å². The van der Waals surface area contributed by atoms with E-state index in [1.807, 2.05) is 0 Å². The monoisotopic (exact) mass is 336 g/mol. The Balaban J connectivity index is 2.14. The number of rotatable bonds is 2. The van der Waals surface area contributed by atoms with E-state index in [-0.39, 0.29) is 28.7 Å². The molecule has 1 aliphatic rings. The number of hydrogen-bond donors (Lipinski definition) is 1. The highest BCUT2D eigenvalue weighted by atomic mass is 16.2. The van der Waals surface area contributed by atoms with Crippen LogP contribution in [0.3, 0.4) is 0 Å². The quantitative estimate of drug-likeness (QED) is 0.720. The first-order valence-corrected chi connectivity index (χ1v) is 7.78. The van der Waals surface area contributed by atoms with Gasteiger partial charge < -0.3 is 10.6 Å². The molecule has 2 aromatic rings. The summed E-state index contributed by atoms with van der Waals surface area (Å²) in [4.78, 5) is 50.0. The average Bonchev–Trinajstić information content (AvgIpc) is 2.59. The van der Waals surface area contributed by atoms with E-state index in [9.17, 15) is 19.2 Å². The van der Waals surface area contributed by atoms with Crippen molar-refractivity contribution in [1.29, 1.82) is 0 Å². The van der Waals surface area contributed by atoms with Gasteiger partial charge in [-0.25, -0.2) is 0 Å². The number of hydrogen-bond acceptors (Lipinski definition) is 4. The Labute approximate surface area is 144 Å². The highest BCUT2D eigenvalue weighted by Gasteiger charge is 2.31. The second-order valence-corrected chi connectivity index (χ2v) is 6.07. The lowest BCUT2D eigenvalue weighted by Gasteiger charge is -2.27. The summed E-state index contributed by atoms with van der Waals surface area (Å²) in [6.45, 7) is 3.45. The molecule has 6 nitrogen and oxygen atoms in total. The Morgan fingerprint density at radius 2 is 1.40 bits per heavy atom. The molecular formula is C19H16N2O4. The molecule has 3 rings (SSSR count). The fourth-order valence-corrected chi connectivity index (χ4v) is 3.01. The van der Waals surface area contributed by atoms with Crippen molar-refractivity contribution in [2.24, 2.45) is 5.73 Å². The highest BCUT2D eigenvalue weighted by Crippen LogP contribution is 2.30. The van der Waals surface area contributed by atoms with E-state index in [1.54, 1.807) is 44.2 Å². The number of benzene rings is 2. The normalized spacial score (nSPS) is 12.6. The molecule has 0 aromatic heterocycles. The van der Waals surface area contributed by atoms with Crippen LogP contribution in [-0.4, -0.2) is 29.4 Å². The second kappa shape index (κ2) is 5.98. The van der Waals surface area contributed by atoms with Gasteiger partial charge in [0.2, 0.25) is 0 Å². The molecule has 2 amide bonds. The third kappa shape index (κ3) is 2.61. The standard InChI is InChI=1S/C19H16N2O4/c1-10(2)21(19(25)18(20)24)11-7-8-14-15(9-11)17(23)13-6-4-3-5-12(13)16(14)22/h3-10H,1-2H3,(H2,20,24). The van der Waals surface area contributed by atoms with Crippen molar-refractivity contribution in [1.82, 2.24) is 0 Å². The maximum absolute atomic E-state index is 12.8. The number of carbonyl (C=O) groups is 4. The van der Waals surface area contributed by atoms with Gasteiger partial charge >= 0.3 is 11.8 Å². The molecule has 0 saturated carbocycles. The zero-order valence-electron chi connectivity index (χ0n) is 13.8. The molecule has 6 heteroatoms. The molecule has 0 saturated heterocycles. The number of carbonyl (C=O) groups excluding carboxylic acids is 4. The first kappa shape index (κ1) is 16.6. The summed E-state index contributed by atoms with van der Waals surface area (Å²) in [5.74, 6) is -2.49. The van der Waals surface area contributed by atoms with Crippen molar-refractivity contribution in [3.63, 3.8) is 0 Å². The first-order valence-electron chi connectivity index (χ1n) is 7.78. The summed E-state index contributed by atoms with van der Waals surface area (Å²) in [7, 11) is 0. The summed E-state index contributed by atoms with van der Waals surface area (Å²) in [5, 5.41) is 0. The Morgan fingerprint density at radius 3 is 1.92 bits per heavy atom. The lowest BCUT2D eigenvalue weighted by molar-refractivity contribution is -0.135. The van der Waals surface area contributed by atoms with Crippen LogP contribution < -0.4 is 10.6 Å². The van der Waals surface area contributed by atoms with Crippen molar-refractivity contribution < 1.29 is 19.2 Å². The lowest BCUT2D eigenvalue weighted by Crippen LogP contribution is -2.44. The van der Waals surface area contributed by atoms with Gasteiger partial charge in [0.05, 0.1) is 0 Å². The molecule has 0 unspecified atom stereocenters. The third-order valence-electron chi connectivity index (χ3n) is 4.13. The summed E-state index contributed by atoms with van der Waals surface area (Å²) < 4.78 is 0. The minimum atomic E-state index is -1.08. The van der Waals surface area contributed by atoms with Crippen LogP contribution in [0.2, 0.25) is 0 Å². The van der Waals surface area contributed by atoms with Gasteiger partial charge in [0.15, 0.2) is 11.6 Å². The van der Waals surface area contributed by atoms with E-state index in [2.05, 4.69) is 0 Å². The topological polar surface area (TPSA) is 97.5 Å². The van der Waals surface area contributed by atoms with Crippen LogP contribution in [0.4, 0.5) is 5.69 Å². The fourth-order valence-electron chi connectivity index (χ4n) is 3.01. The van der Waals surface area contributed by atoms with Gasteiger partial charge in [0.25, 0.3) is 0 Å². The van der Waals surface area contributed by atoms with Crippen LogP contribution in [0.25, 0.3) is 0 Å². The molecule has 0 aliphatic heterocycles. The van der Waals surface area contributed by atoms with Gasteiger partial charge in [0, 0.05) is 34.0 Å². The number of amides is 2. The summed E-state index contributed by atoms with van der Waals surface area (Å²) in [6.07, 6.45) is 0. The van der Waals surface area contributed by atoms with Crippen LogP contribution in [0.1, 0.15) is 45.7 Å². The van der Waals surface area contributed by atoms with Gasteiger partial charge in [-0.15, -0.1) is 0 Å². The van der Waals surface area contributed by atoms with E-state index in [4.69, 9.17) is 5.73 Å². The largest absolute Gasteiger partial charge is 0.361 e. The number of nitrogens with two attached hydrogens (primary N) is 1. The van der Waals surface area contributed by atoms with Crippen molar-refractivity contribution >= 4 is 29.1 Å². The van der Waals surface area contributed by atoms with E-state index >= 15 is 0 Å². The number of ketones is 2. The Kier molecular flexibility index (Phi) is 3.96. The first-order chi connectivity index (χ1) is 11.8. The average molecular weight is 336 g/mol. The smallest absolute Gasteiger partial charge is 0.316 e. The maximum atomic E-state index is 12.8. The Hall–Kier alpha value is -3.28. The maximum Gasteiger partial charge on any atom is 0.316 e. The van der Waals surface area contributed by atoms with Crippen LogP contribution in [-0.2, 0) is 9.59 Å².